The Kier molecular flexibility index (Phi) is 5.06. The van der Waals surface area contributed by atoms with Crippen LogP contribution in [0.25, 0.3) is 0 Å². The Morgan fingerprint density at radius 1 is 1.40 bits per heavy atom. The lowest BCUT2D eigenvalue weighted by molar-refractivity contribution is -0.128. The van der Waals surface area contributed by atoms with E-state index in [1.165, 1.54) is 0 Å². The van der Waals surface area contributed by atoms with E-state index in [0.717, 1.165) is 42.8 Å². The Bertz CT molecular complexity index is 452. The van der Waals surface area contributed by atoms with Crippen LogP contribution in [-0.4, -0.2) is 18.0 Å². The van der Waals surface area contributed by atoms with Crippen LogP contribution in [0.4, 0.5) is 0 Å². The molecule has 0 bridgehead atoms. The summed E-state index contributed by atoms with van der Waals surface area (Å²) >= 11 is 5.91. The van der Waals surface area contributed by atoms with Gasteiger partial charge in [0, 0.05) is 5.02 Å². The largest absolute Gasteiger partial charge is 0.348 e. The summed E-state index contributed by atoms with van der Waals surface area (Å²) in [5, 5.41) is 7.24. The molecule has 1 aromatic carbocycles. The first-order chi connectivity index (χ1) is 9.55. The number of rotatable bonds is 4. The molecule has 2 unspecified atom stereocenters. The fourth-order valence-electron chi connectivity index (χ4n) is 2.68. The summed E-state index contributed by atoms with van der Waals surface area (Å²) in [6, 6.07) is 7.74. The van der Waals surface area contributed by atoms with E-state index in [1.807, 2.05) is 31.2 Å². The van der Waals surface area contributed by atoms with E-state index in [2.05, 4.69) is 17.6 Å². The van der Waals surface area contributed by atoms with Crippen LogP contribution in [0.3, 0.4) is 0 Å². The van der Waals surface area contributed by atoms with Gasteiger partial charge in [0.25, 0.3) is 0 Å². The maximum Gasteiger partial charge on any atom is 0.240 e. The molecule has 0 aromatic heterocycles. The summed E-state index contributed by atoms with van der Waals surface area (Å²) in [5.74, 6) is 0.0963. The Labute approximate surface area is 126 Å². The fourth-order valence-corrected chi connectivity index (χ4v) is 2.81. The molecule has 2 atom stereocenters. The molecule has 0 aliphatic carbocycles. The molecule has 110 valence electrons. The minimum Gasteiger partial charge on any atom is -0.348 e. The normalized spacial score (nSPS) is 24.1. The van der Waals surface area contributed by atoms with Crippen molar-refractivity contribution in [3.8, 4) is 0 Å². The number of halogens is 1. The van der Waals surface area contributed by atoms with Crippen LogP contribution in [0.1, 0.15) is 51.1 Å². The van der Waals surface area contributed by atoms with Crippen molar-refractivity contribution in [2.45, 2.75) is 51.1 Å². The molecule has 20 heavy (non-hydrogen) atoms. The van der Waals surface area contributed by atoms with Crippen LogP contribution >= 0.6 is 11.6 Å². The minimum absolute atomic E-state index is 0.0420. The van der Waals surface area contributed by atoms with Crippen molar-refractivity contribution in [2.75, 3.05) is 6.54 Å². The molecule has 1 heterocycles. The van der Waals surface area contributed by atoms with Crippen molar-refractivity contribution in [1.82, 2.24) is 10.6 Å². The van der Waals surface area contributed by atoms with Crippen molar-refractivity contribution in [2.24, 2.45) is 0 Å². The first kappa shape index (κ1) is 15.3. The van der Waals surface area contributed by atoms with E-state index in [-0.39, 0.29) is 11.9 Å². The predicted octanol–water partition coefficient (Wildman–Crippen LogP) is 3.44. The Morgan fingerprint density at radius 2 is 2.10 bits per heavy atom. The van der Waals surface area contributed by atoms with Gasteiger partial charge in [-0.2, -0.15) is 0 Å². The number of hydrogen-bond acceptors (Lipinski definition) is 2. The van der Waals surface area contributed by atoms with Crippen LogP contribution in [0.15, 0.2) is 24.3 Å². The average Bonchev–Trinajstić information content (AvgIpc) is 2.46. The molecule has 1 aliphatic rings. The number of amides is 1. The molecule has 0 spiro atoms. The zero-order valence-electron chi connectivity index (χ0n) is 12.2. The third-order valence-corrected chi connectivity index (χ3v) is 4.36. The van der Waals surface area contributed by atoms with Gasteiger partial charge < -0.3 is 10.6 Å². The highest BCUT2D eigenvalue weighted by atomic mass is 35.5. The van der Waals surface area contributed by atoms with Crippen LogP contribution in [0.5, 0.6) is 0 Å². The van der Waals surface area contributed by atoms with Crippen LogP contribution in [-0.2, 0) is 4.79 Å². The zero-order valence-corrected chi connectivity index (χ0v) is 13.0. The van der Waals surface area contributed by atoms with Gasteiger partial charge in [0.15, 0.2) is 0 Å². The van der Waals surface area contributed by atoms with Gasteiger partial charge in [-0.05, 0) is 56.8 Å². The molecule has 4 heteroatoms. The van der Waals surface area contributed by atoms with Crippen molar-refractivity contribution >= 4 is 17.5 Å². The van der Waals surface area contributed by atoms with Gasteiger partial charge in [-0.1, -0.05) is 30.7 Å². The number of benzene rings is 1. The lowest BCUT2D eigenvalue weighted by Gasteiger charge is -2.35. The lowest BCUT2D eigenvalue weighted by Crippen LogP contribution is -2.57. The van der Waals surface area contributed by atoms with E-state index >= 15 is 0 Å². The number of hydrogen-bond donors (Lipinski definition) is 2. The molecule has 2 N–H and O–H groups in total. The molecular weight excluding hydrogens is 272 g/mol. The molecule has 1 amide bonds. The molecule has 0 saturated carbocycles. The number of carbonyl (C=O) groups excluding carboxylic acids is 1. The van der Waals surface area contributed by atoms with E-state index in [1.54, 1.807) is 0 Å². The maximum atomic E-state index is 12.5. The van der Waals surface area contributed by atoms with E-state index in [0.29, 0.717) is 0 Å². The highest BCUT2D eigenvalue weighted by Gasteiger charge is 2.35. The van der Waals surface area contributed by atoms with Gasteiger partial charge >= 0.3 is 0 Å². The summed E-state index contributed by atoms with van der Waals surface area (Å²) < 4.78 is 0. The van der Waals surface area contributed by atoms with Gasteiger partial charge in [-0.15, -0.1) is 0 Å². The average molecular weight is 295 g/mol. The first-order valence-electron chi connectivity index (χ1n) is 7.36. The monoisotopic (exact) mass is 294 g/mol. The Morgan fingerprint density at radius 3 is 2.65 bits per heavy atom. The second-order valence-corrected chi connectivity index (χ2v) is 6.14. The van der Waals surface area contributed by atoms with Crippen LogP contribution in [0.2, 0.25) is 5.02 Å². The fraction of sp³-hybridized carbons (Fsp3) is 0.562. The third kappa shape index (κ3) is 3.53. The van der Waals surface area contributed by atoms with E-state index < -0.39 is 5.54 Å². The highest BCUT2D eigenvalue weighted by Crippen LogP contribution is 2.23. The quantitative estimate of drug-likeness (QED) is 0.893. The molecule has 1 aliphatic heterocycles. The van der Waals surface area contributed by atoms with E-state index in [9.17, 15) is 4.79 Å². The lowest BCUT2D eigenvalue weighted by atomic mass is 9.89. The van der Waals surface area contributed by atoms with Crippen LogP contribution in [0, 0.1) is 0 Å². The SMILES string of the molecule is CCC(NC(=O)C1(C)CCCCN1)c1ccc(Cl)cc1. The van der Waals surface area contributed by atoms with Gasteiger partial charge in [-0.3, -0.25) is 4.79 Å². The summed E-state index contributed by atoms with van der Waals surface area (Å²) in [5.41, 5.74) is 0.669. The van der Waals surface area contributed by atoms with Crippen molar-refractivity contribution in [3.63, 3.8) is 0 Å². The summed E-state index contributed by atoms with van der Waals surface area (Å²) in [6.45, 7) is 4.99. The third-order valence-electron chi connectivity index (χ3n) is 4.11. The molecule has 3 nitrogen and oxygen atoms in total. The summed E-state index contributed by atoms with van der Waals surface area (Å²) in [6.07, 6.45) is 4.02. The Hall–Kier alpha value is -1.06. The second-order valence-electron chi connectivity index (χ2n) is 5.70. The number of piperidine rings is 1. The van der Waals surface area contributed by atoms with E-state index in [4.69, 9.17) is 11.6 Å². The Balaban J connectivity index is 2.05. The predicted molar refractivity (Wildman–Crippen MR) is 82.9 cm³/mol. The van der Waals surface area contributed by atoms with Crippen molar-refractivity contribution in [3.05, 3.63) is 34.9 Å². The van der Waals surface area contributed by atoms with Crippen LogP contribution < -0.4 is 10.6 Å². The van der Waals surface area contributed by atoms with Crippen molar-refractivity contribution in [1.29, 1.82) is 0 Å². The van der Waals surface area contributed by atoms with Crippen molar-refractivity contribution < 1.29 is 4.79 Å². The molecule has 1 fully saturated rings. The number of carbonyl (C=O) groups is 1. The minimum atomic E-state index is -0.432. The second kappa shape index (κ2) is 6.59. The standard InChI is InChI=1S/C16H23ClN2O/c1-3-14(12-6-8-13(17)9-7-12)19-15(20)16(2)10-4-5-11-18-16/h6-9,14,18H,3-5,10-11H2,1-2H3,(H,19,20). The first-order valence-corrected chi connectivity index (χ1v) is 7.74. The zero-order chi connectivity index (χ0) is 14.6. The van der Waals surface area contributed by atoms with Gasteiger partial charge in [0.05, 0.1) is 11.6 Å². The summed E-state index contributed by atoms with van der Waals surface area (Å²) in [4.78, 5) is 12.5. The highest BCUT2D eigenvalue weighted by molar-refractivity contribution is 6.30. The van der Waals surface area contributed by atoms with Gasteiger partial charge in [0.2, 0.25) is 5.91 Å². The molecule has 1 saturated heterocycles. The van der Waals surface area contributed by atoms with Gasteiger partial charge in [-0.25, -0.2) is 0 Å². The molecule has 1 aromatic rings. The number of nitrogens with one attached hydrogen (secondary N) is 2. The smallest absolute Gasteiger partial charge is 0.240 e. The topological polar surface area (TPSA) is 41.1 Å². The maximum absolute atomic E-state index is 12.5. The molecule has 0 radical (unpaired) electrons. The molecular formula is C16H23ClN2O. The van der Waals surface area contributed by atoms with Gasteiger partial charge in [0.1, 0.15) is 0 Å². The summed E-state index contributed by atoms with van der Waals surface area (Å²) in [7, 11) is 0. The molecule has 2 rings (SSSR count).